The average Bonchev–Trinajstić information content (AvgIpc) is 2.53. The van der Waals surface area contributed by atoms with E-state index in [1.165, 1.54) is 17.2 Å². The van der Waals surface area contributed by atoms with Gasteiger partial charge < -0.3 is 4.90 Å². The molecule has 0 N–H and O–H groups in total. The minimum absolute atomic E-state index is 0.143. The molecule has 0 heterocycles. The monoisotopic (exact) mass is 312 g/mol. The van der Waals surface area contributed by atoms with E-state index in [1.807, 2.05) is 31.3 Å². The quantitative estimate of drug-likeness (QED) is 0.563. The highest BCUT2D eigenvalue weighted by Gasteiger charge is 2.09. The van der Waals surface area contributed by atoms with Crippen LogP contribution in [-0.2, 0) is 6.42 Å². The first kappa shape index (κ1) is 17.2. The van der Waals surface area contributed by atoms with Gasteiger partial charge in [0.2, 0.25) is 0 Å². The van der Waals surface area contributed by atoms with Gasteiger partial charge in [-0.2, -0.15) is 0 Å². The summed E-state index contributed by atoms with van der Waals surface area (Å²) in [6, 6.07) is 9.55. The summed E-state index contributed by atoms with van der Waals surface area (Å²) < 4.78 is 13.8. The van der Waals surface area contributed by atoms with Crippen LogP contribution in [0.5, 0.6) is 0 Å². The Morgan fingerprint density at radius 1 is 1.09 bits per heavy atom. The van der Waals surface area contributed by atoms with Gasteiger partial charge in [0.05, 0.1) is 12.0 Å². The normalized spacial score (nSPS) is 11.2. The van der Waals surface area contributed by atoms with Gasteiger partial charge in [-0.3, -0.25) is 0 Å². The van der Waals surface area contributed by atoms with Gasteiger partial charge in [-0.05, 0) is 74.1 Å². The molecule has 0 saturated heterocycles. The van der Waals surface area contributed by atoms with Crippen LogP contribution in [0.4, 0.5) is 10.1 Å². The molecular formula is C20H25FN2. The lowest BCUT2D eigenvalue weighted by molar-refractivity contribution is 0.552. The van der Waals surface area contributed by atoms with Gasteiger partial charge in [0.25, 0.3) is 0 Å². The molecule has 0 fully saturated rings. The average molecular weight is 312 g/mol. The van der Waals surface area contributed by atoms with Gasteiger partial charge in [-0.1, -0.05) is 18.2 Å². The summed E-state index contributed by atoms with van der Waals surface area (Å²) in [7, 11) is 2.01. The Bertz CT molecular complexity index is 720. The maximum Gasteiger partial charge on any atom is 0.126 e. The minimum atomic E-state index is -0.143. The number of halogens is 1. The van der Waals surface area contributed by atoms with Crippen molar-refractivity contribution in [1.82, 2.24) is 4.90 Å². The number of hydrogen-bond acceptors (Lipinski definition) is 1. The third-order valence-electron chi connectivity index (χ3n) is 4.29. The smallest absolute Gasteiger partial charge is 0.126 e. The second kappa shape index (κ2) is 7.40. The Labute approximate surface area is 138 Å². The summed E-state index contributed by atoms with van der Waals surface area (Å²) in [6.07, 6.45) is 2.59. The third kappa shape index (κ3) is 4.19. The molecule has 0 aliphatic heterocycles. The maximum absolute atomic E-state index is 13.8. The van der Waals surface area contributed by atoms with Crippen molar-refractivity contribution in [1.29, 1.82) is 0 Å². The molecule has 23 heavy (non-hydrogen) atoms. The van der Waals surface area contributed by atoms with Gasteiger partial charge in [0, 0.05) is 13.6 Å². The molecule has 0 bridgehead atoms. The van der Waals surface area contributed by atoms with Crippen LogP contribution in [0.2, 0.25) is 0 Å². The molecular weight excluding hydrogens is 287 g/mol. The van der Waals surface area contributed by atoms with Gasteiger partial charge in [-0.25, -0.2) is 9.38 Å². The zero-order valence-electron chi connectivity index (χ0n) is 14.7. The van der Waals surface area contributed by atoms with Gasteiger partial charge in [-0.15, -0.1) is 0 Å². The molecule has 0 radical (unpaired) electrons. The first-order valence-electron chi connectivity index (χ1n) is 8.01. The fourth-order valence-corrected chi connectivity index (χ4v) is 2.52. The zero-order valence-corrected chi connectivity index (χ0v) is 14.7. The van der Waals surface area contributed by atoms with Crippen molar-refractivity contribution in [3.63, 3.8) is 0 Å². The number of aryl methyl sites for hydroxylation is 1. The van der Waals surface area contributed by atoms with Crippen LogP contribution in [0.15, 0.2) is 35.3 Å². The third-order valence-corrected chi connectivity index (χ3v) is 4.29. The van der Waals surface area contributed by atoms with Crippen molar-refractivity contribution in [3.8, 4) is 0 Å². The summed E-state index contributed by atoms with van der Waals surface area (Å²) in [6.45, 7) is 9.01. The van der Waals surface area contributed by atoms with E-state index in [2.05, 4.69) is 37.9 Å². The largest absolute Gasteiger partial charge is 0.366 e. The molecule has 3 heteroatoms. The maximum atomic E-state index is 13.8. The summed E-state index contributed by atoms with van der Waals surface area (Å²) in [5, 5.41) is 0. The Morgan fingerprint density at radius 3 is 2.52 bits per heavy atom. The molecule has 0 aliphatic carbocycles. The van der Waals surface area contributed by atoms with Crippen molar-refractivity contribution in [2.24, 2.45) is 4.99 Å². The fraction of sp³-hybridized carbons (Fsp3) is 0.350. The first-order valence-corrected chi connectivity index (χ1v) is 8.01. The molecule has 122 valence electrons. The highest BCUT2D eigenvalue weighted by molar-refractivity contribution is 5.64. The second-order valence-corrected chi connectivity index (χ2v) is 6.09. The summed E-state index contributed by atoms with van der Waals surface area (Å²) in [5.74, 6) is -0.143. The molecule has 0 saturated carbocycles. The molecule has 2 rings (SSSR count). The van der Waals surface area contributed by atoms with Crippen molar-refractivity contribution in [2.75, 3.05) is 13.6 Å². The predicted molar refractivity (Wildman–Crippen MR) is 96.3 cm³/mol. The summed E-state index contributed by atoms with van der Waals surface area (Å²) >= 11 is 0. The van der Waals surface area contributed by atoms with E-state index in [9.17, 15) is 4.39 Å². The molecule has 2 nitrogen and oxygen atoms in total. The minimum Gasteiger partial charge on any atom is -0.366 e. The van der Waals surface area contributed by atoms with Crippen LogP contribution in [0.25, 0.3) is 0 Å². The SMILES string of the molecule is CCN(C)C=Nc1cc(C)cc(Cc2cccc(F)c2C)c1C. The highest BCUT2D eigenvalue weighted by atomic mass is 19.1. The van der Waals surface area contributed by atoms with Gasteiger partial charge in [0.1, 0.15) is 5.82 Å². The second-order valence-electron chi connectivity index (χ2n) is 6.09. The fourth-order valence-electron chi connectivity index (χ4n) is 2.52. The van der Waals surface area contributed by atoms with E-state index in [0.717, 1.165) is 35.3 Å². The molecule has 2 aromatic rings. The summed E-state index contributed by atoms with van der Waals surface area (Å²) in [5.41, 5.74) is 6.26. The van der Waals surface area contributed by atoms with E-state index >= 15 is 0 Å². The van der Waals surface area contributed by atoms with E-state index in [1.54, 1.807) is 6.07 Å². The molecule has 0 atom stereocenters. The first-order chi connectivity index (χ1) is 10.9. The number of nitrogens with zero attached hydrogens (tertiary/aromatic N) is 2. The van der Waals surface area contributed by atoms with E-state index < -0.39 is 0 Å². The number of hydrogen-bond donors (Lipinski definition) is 0. The van der Waals surface area contributed by atoms with Gasteiger partial charge >= 0.3 is 0 Å². The van der Waals surface area contributed by atoms with Crippen molar-refractivity contribution in [3.05, 3.63) is 64.0 Å². The lowest BCUT2D eigenvalue weighted by Gasteiger charge is -2.14. The van der Waals surface area contributed by atoms with Crippen LogP contribution in [-0.4, -0.2) is 24.8 Å². The van der Waals surface area contributed by atoms with Crippen LogP contribution in [0.3, 0.4) is 0 Å². The zero-order chi connectivity index (χ0) is 17.0. The highest BCUT2D eigenvalue weighted by Crippen LogP contribution is 2.27. The molecule has 0 spiro atoms. The van der Waals surface area contributed by atoms with Crippen molar-refractivity contribution < 1.29 is 4.39 Å². The topological polar surface area (TPSA) is 15.6 Å². The Hall–Kier alpha value is -2.16. The number of benzene rings is 2. The predicted octanol–water partition coefficient (Wildman–Crippen LogP) is 4.95. The standard InChI is InChI=1S/C20H25FN2/c1-6-23(5)13-22-20-11-14(2)10-18(16(20)4)12-17-8-7-9-19(21)15(17)3/h7-11,13H,6,12H2,1-5H3. The van der Waals surface area contributed by atoms with Crippen molar-refractivity contribution in [2.45, 2.75) is 34.1 Å². The Morgan fingerprint density at radius 2 is 1.83 bits per heavy atom. The van der Waals surface area contributed by atoms with E-state index in [4.69, 9.17) is 0 Å². The van der Waals surface area contributed by atoms with Crippen molar-refractivity contribution >= 4 is 12.0 Å². The van der Waals surface area contributed by atoms with Crippen LogP contribution >= 0.6 is 0 Å². The lowest BCUT2D eigenvalue weighted by Crippen LogP contribution is -2.14. The summed E-state index contributed by atoms with van der Waals surface area (Å²) in [4.78, 5) is 6.65. The molecule has 0 aromatic heterocycles. The number of rotatable bonds is 5. The molecule has 0 unspecified atom stereocenters. The lowest BCUT2D eigenvalue weighted by atomic mass is 9.95. The Balaban J connectivity index is 2.38. The molecule has 2 aromatic carbocycles. The van der Waals surface area contributed by atoms with Crippen LogP contribution in [0.1, 0.15) is 34.7 Å². The molecule has 0 aliphatic rings. The van der Waals surface area contributed by atoms with E-state index in [-0.39, 0.29) is 5.82 Å². The van der Waals surface area contributed by atoms with Crippen LogP contribution in [0, 0.1) is 26.6 Å². The number of aliphatic imine (C=N–C) groups is 1. The van der Waals surface area contributed by atoms with E-state index in [0.29, 0.717) is 0 Å². The van der Waals surface area contributed by atoms with Crippen LogP contribution < -0.4 is 0 Å². The van der Waals surface area contributed by atoms with Gasteiger partial charge in [0.15, 0.2) is 0 Å². The molecule has 0 amide bonds. The Kier molecular flexibility index (Phi) is 5.54.